The van der Waals surface area contributed by atoms with Crippen molar-refractivity contribution in [1.29, 1.82) is 5.26 Å². The summed E-state index contributed by atoms with van der Waals surface area (Å²) >= 11 is 6.07. The third-order valence-electron chi connectivity index (χ3n) is 6.17. The van der Waals surface area contributed by atoms with Crippen LogP contribution in [0.25, 0.3) is 0 Å². The van der Waals surface area contributed by atoms with Crippen LogP contribution in [0.2, 0.25) is 5.02 Å². The van der Waals surface area contributed by atoms with Crippen molar-refractivity contribution in [3.05, 3.63) is 40.6 Å². The second kappa shape index (κ2) is 11.7. The normalized spacial score (nSPS) is 26.3. The lowest BCUT2D eigenvalue weighted by atomic mass is 9.87. The molecule has 0 radical (unpaired) electrons. The van der Waals surface area contributed by atoms with Crippen LogP contribution in [0.3, 0.4) is 0 Å². The summed E-state index contributed by atoms with van der Waals surface area (Å²) in [6.07, 6.45) is 10.5. The van der Waals surface area contributed by atoms with Gasteiger partial charge in [0.2, 0.25) is 0 Å². The van der Waals surface area contributed by atoms with E-state index in [0.29, 0.717) is 21.9 Å². The topological polar surface area (TPSA) is 118 Å². The fraction of sp³-hybridized carbons (Fsp3) is 0.500. The van der Waals surface area contributed by atoms with Crippen LogP contribution in [0.1, 0.15) is 56.9 Å². The van der Waals surface area contributed by atoms with E-state index >= 15 is 0 Å². The van der Waals surface area contributed by atoms with Crippen LogP contribution in [0.15, 0.2) is 35.0 Å². The van der Waals surface area contributed by atoms with Gasteiger partial charge in [0.05, 0.1) is 22.3 Å². The molecular formula is C24H29ClN4O3. The fourth-order valence-corrected chi connectivity index (χ4v) is 4.41. The van der Waals surface area contributed by atoms with Crippen molar-refractivity contribution in [2.24, 2.45) is 16.6 Å². The second-order valence-electron chi connectivity index (χ2n) is 8.42. The van der Waals surface area contributed by atoms with Crippen LogP contribution in [0.4, 0.5) is 0 Å². The first-order chi connectivity index (χ1) is 15.5. The Balaban J connectivity index is 1.44. The lowest BCUT2D eigenvalue weighted by molar-refractivity contribution is -0.118. The molecule has 0 saturated heterocycles. The van der Waals surface area contributed by atoms with E-state index in [0.717, 1.165) is 57.7 Å². The first-order valence-electron chi connectivity index (χ1n) is 11.1. The zero-order chi connectivity index (χ0) is 22.9. The standard InChI is InChI=1S/C24H29ClN4O3/c25-23-11-22(8-3-17(23)12-26)32-21-9-6-20(7-10-21)29-24(31)18(13-27)14-28-19-4-1-16(15-30)2-5-19/h3,8,11,13-16,19-21H,1-2,4-7,9-10,27H2,(H,29,31). The molecule has 2 fully saturated rings. The number of nitriles is 1. The maximum Gasteiger partial charge on any atom is 0.254 e. The molecule has 2 aliphatic carbocycles. The highest BCUT2D eigenvalue weighted by Gasteiger charge is 2.25. The van der Waals surface area contributed by atoms with Gasteiger partial charge in [0.25, 0.3) is 5.91 Å². The Morgan fingerprint density at radius 1 is 1.19 bits per heavy atom. The fourth-order valence-electron chi connectivity index (χ4n) is 4.20. The van der Waals surface area contributed by atoms with Crippen molar-refractivity contribution in [3.63, 3.8) is 0 Å². The molecule has 8 heteroatoms. The minimum absolute atomic E-state index is 0.0414. The molecule has 7 nitrogen and oxygen atoms in total. The van der Waals surface area contributed by atoms with E-state index in [2.05, 4.69) is 10.3 Å². The van der Waals surface area contributed by atoms with Crippen molar-refractivity contribution >= 4 is 30.0 Å². The lowest BCUT2D eigenvalue weighted by Gasteiger charge is -2.29. The predicted octanol–water partition coefficient (Wildman–Crippen LogP) is 3.69. The Hall–Kier alpha value is -2.85. The van der Waals surface area contributed by atoms with Gasteiger partial charge in [-0.2, -0.15) is 5.26 Å². The van der Waals surface area contributed by atoms with E-state index < -0.39 is 0 Å². The van der Waals surface area contributed by atoms with E-state index in [1.54, 1.807) is 24.4 Å². The third kappa shape index (κ3) is 6.57. The van der Waals surface area contributed by atoms with Gasteiger partial charge in [-0.25, -0.2) is 0 Å². The Bertz CT molecular complexity index is 908. The minimum Gasteiger partial charge on any atom is -0.490 e. The molecule has 1 aromatic rings. The first kappa shape index (κ1) is 23.8. The van der Waals surface area contributed by atoms with Crippen LogP contribution in [-0.4, -0.2) is 36.6 Å². The summed E-state index contributed by atoms with van der Waals surface area (Å²) in [5, 5.41) is 12.4. The molecule has 0 bridgehead atoms. The number of benzene rings is 1. The molecule has 3 rings (SSSR count). The molecule has 0 heterocycles. The number of nitrogens with zero attached hydrogens (tertiary/aromatic N) is 2. The minimum atomic E-state index is -0.221. The summed E-state index contributed by atoms with van der Waals surface area (Å²) in [6, 6.07) is 7.29. The first-order valence-corrected chi connectivity index (χ1v) is 11.5. The highest BCUT2D eigenvalue weighted by Crippen LogP contribution is 2.27. The average molecular weight is 457 g/mol. The molecule has 3 N–H and O–H groups in total. The van der Waals surface area contributed by atoms with Gasteiger partial charge in [-0.15, -0.1) is 0 Å². The van der Waals surface area contributed by atoms with Gasteiger partial charge in [0.15, 0.2) is 0 Å². The molecule has 1 aromatic carbocycles. The molecule has 0 atom stereocenters. The monoisotopic (exact) mass is 456 g/mol. The molecular weight excluding hydrogens is 428 g/mol. The van der Waals surface area contributed by atoms with Gasteiger partial charge in [-0.05, 0) is 63.5 Å². The lowest BCUT2D eigenvalue weighted by Crippen LogP contribution is -2.40. The van der Waals surface area contributed by atoms with Crippen molar-refractivity contribution in [2.45, 2.75) is 69.6 Å². The molecule has 0 unspecified atom stereocenters. The van der Waals surface area contributed by atoms with Crippen molar-refractivity contribution in [2.75, 3.05) is 0 Å². The number of amides is 1. The van der Waals surface area contributed by atoms with Gasteiger partial charge in [0.1, 0.15) is 18.1 Å². The number of nitrogens with one attached hydrogen (secondary N) is 1. The van der Waals surface area contributed by atoms with Gasteiger partial charge < -0.3 is 20.6 Å². The van der Waals surface area contributed by atoms with E-state index in [4.69, 9.17) is 27.3 Å². The Morgan fingerprint density at radius 3 is 2.50 bits per heavy atom. The summed E-state index contributed by atoms with van der Waals surface area (Å²) in [6.45, 7) is 0. The van der Waals surface area contributed by atoms with E-state index in [1.165, 1.54) is 6.20 Å². The highest BCUT2D eigenvalue weighted by atomic mass is 35.5. The Morgan fingerprint density at radius 2 is 1.91 bits per heavy atom. The zero-order valence-corrected chi connectivity index (χ0v) is 18.8. The molecule has 170 valence electrons. The number of aliphatic imine (C=N–C) groups is 1. The summed E-state index contributed by atoms with van der Waals surface area (Å²) in [7, 11) is 0. The summed E-state index contributed by atoms with van der Waals surface area (Å²) in [4.78, 5) is 28.0. The van der Waals surface area contributed by atoms with Gasteiger partial charge in [-0.1, -0.05) is 11.6 Å². The number of carbonyl (C=O) groups excluding carboxylic acids is 2. The number of ether oxygens (including phenoxy) is 1. The quantitative estimate of drug-likeness (QED) is 0.368. The zero-order valence-electron chi connectivity index (χ0n) is 18.0. The van der Waals surface area contributed by atoms with Crippen molar-refractivity contribution in [3.8, 4) is 11.8 Å². The van der Waals surface area contributed by atoms with Crippen LogP contribution in [0, 0.1) is 17.2 Å². The number of hydrogen-bond donors (Lipinski definition) is 2. The summed E-state index contributed by atoms with van der Waals surface area (Å²) < 4.78 is 6.00. The third-order valence-corrected chi connectivity index (χ3v) is 6.49. The molecule has 0 aromatic heterocycles. The van der Waals surface area contributed by atoms with Crippen LogP contribution in [0.5, 0.6) is 5.75 Å². The number of hydrogen-bond acceptors (Lipinski definition) is 6. The molecule has 0 aliphatic heterocycles. The van der Waals surface area contributed by atoms with E-state index in [1.807, 2.05) is 6.07 Å². The van der Waals surface area contributed by atoms with Gasteiger partial charge >= 0.3 is 0 Å². The maximum atomic E-state index is 12.6. The number of halogens is 1. The Kier molecular flexibility index (Phi) is 8.69. The average Bonchev–Trinajstić information content (AvgIpc) is 2.81. The number of nitrogens with two attached hydrogens (primary N) is 1. The van der Waals surface area contributed by atoms with Crippen LogP contribution in [-0.2, 0) is 9.59 Å². The number of aldehydes is 1. The molecule has 2 aliphatic rings. The molecule has 2 saturated carbocycles. The van der Waals surface area contributed by atoms with Crippen molar-refractivity contribution < 1.29 is 14.3 Å². The molecule has 0 spiro atoms. The van der Waals surface area contributed by atoms with Gasteiger partial charge in [0, 0.05) is 36.5 Å². The summed E-state index contributed by atoms with van der Waals surface area (Å²) in [5.41, 5.74) is 6.44. The van der Waals surface area contributed by atoms with E-state index in [9.17, 15) is 9.59 Å². The number of carbonyl (C=O) groups is 2. The molecule has 1 amide bonds. The van der Waals surface area contributed by atoms with E-state index in [-0.39, 0.29) is 30.0 Å². The molecule has 32 heavy (non-hydrogen) atoms. The van der Waals surface area contributed by atoms with Crippen molar-refractivity contribution in [1.82, 2.24) is 5.32 Å². The summed E-state index contributed by atoms with van der Waals surface area (Å²) in [5.74, 6) is 0.566. The smallest absolute Gasteiger partial charge is 0.254 e. The SMILES string of the molecule is N#Cc1ccc(OC2CCC(NC(=O)C(C=NC3CCC(C=O)CC3)=CN)CC2)cc1Cl. The number of rotatable bonds is 7. The van der Waals surface area contributed by atoms with Crippen LogP contribution >= 0.6 is 11.6 Å². The largest absolute Gasteiger partial charge is 0.490 e. The Labute approximate surface area is 193 Å². The highest BCUT2D eigenvalue weighted by molar-refractivity contribution is 6.31. The van der Waals surface area contributed by atoms with Crippen LogP contribution < -0.4 is 15.8 Å². The van der Waals surface area contributed by atoms with Gasteiger partial charge in [-0.3, -0.25) is 9.79 Å². The predicted molar refractivity (Wildman–Crippen MR) is 124 cm³/mol. The maximum absolute atomic E-state index is 12.6. The second-order valence-corrected chi connectivity index (χ2v) is 8.83.